The predicted molar refractivity (Wildman–Crippen MR) is 83.2 cm³/mol. The van der Waals surface area contributed by atoms with Crippen LogP contribution in [0.25, 0.3) is 0 Å². The van der Waals surface area contributed by atoms with Gasteiger partial charge in [0.2, 0.25) is 0 Å². The Hall–Kier alpha value is 0.130. The molecule has 1 aromatic rings. The summed E-state index contributed by atoms with van der Waals surface area (Å²) in [4.78, 5) is 13.0. The molecule has 1 heterocycles. The maximum Gasteiger partial charge on any atom is 0.261 e. The molecular formula is C13H17Br2NOS. The van der Waals surface area contributed by atoms with Crippen LogP contribution in [0, 0.1) is 11.8 Å². The third kappa shape index (κ3) is 3.17. The van der Waals surface area contributed by atoms with E-state index in [1.165, 1.54) is 24.2 Å². The van der Waals surface area contributed by atoms with E-state index in [0.717, 1.165) is 19.6 Å². The lowest BCUT2D eigenvalue weighted by Gasteiger charge is -2.34. The molecule has 0 radical (unpaired) electrons. The summed E-state index contributed by atoms with van der Waals surface area (Å²) < 4.78 is 1.92. The molecule has 1 saturated carbocycles. The normalized spacial score (nSPS) is 28.1. The minimum atomic E-state index is 0.0531. The molecule has 5 heteroatoms. The molecular weight excluding hydrogens is 378 g/mol. The average Bonchev–Trinajstić information content (AvgIpc) is 2.66. The highest BCUT2D eigenvalue weighted by atomic mass is 79.9. The Morgan fingerprint density at radius 1 is 1.39 bits per heavy atom. The van der Waals surface area contributed by atoms with Gasteiger partial charge in [0.1, 0.15) is 0 Å². The van der Waals surface area contributed by atoms with Gasteiger partial charge in [0.05, 0.1) is 8.66 Å². The smallest absolute Gasteiger partial charge is 0.261 e. The number of carbonyl (C=O) groups is 1. The van der Waals surface area contributed by atoms with Crippen LogP contribution in [-0.4, -0.2) is 11.9 Å². The number of thiophene rings is 1. The molecule has 0 unspecified atom stereocenters. The zero-order valence-electron chi connectivity index (χ0n) is 10.5. The van der Waals surface area contributed by atoms with Gasteiger partial charge in [-0.1, -0.05) is 26.7 Å². The van der Waals surface area contributed by atoms with Crippen molar-refractivity contribution in [3.8, 4) is 0 Å². The van der Waals surface area contributed by atoms with E-state index >= 15 is 0 Å². The Morgan fingerprint density at radius 3 is 2.72 bits per heavy atom. The predicted octanol–water partition coefficient (Wildman–Crippen LogP) is 4.83. The first-order valence-electron chi connectivity index (χ1n) is 6.24. The highest BCUT2D eigenvalue weighted by Crippen LogP contribution is 2.33. The van der Waals surface area contributed by atoms with Gasteiger partial charge in [0.25, 0.3) is 5.91 Å². The zero-order chi connectivity index (χ0) is 13.3. The molecule has 1 aromatic heterocycles. The van der Waals surface area contributed by atoms with E-state index in [2.05, 4.69) is 51.0 Å². The van der Waals surface area contributed by atoms with Crippen molar-refractivity contribution in [3.05, 3.63) is 19.2 Å². The van der Waals surface area contributed by atoms with Crippen molar-refractivity contribution >= 4 is 49.1 Å². The molecule has 0 spiro atoms. The van der Waals surface area contributed by atoms with Crippen molar-refractivity contribution in [2.24, 2.45) is 11.8 Å². The number of hydrogen-bond acceptors (Lipinski definition) is 2. The van der Waals surface area contributed by atoms with E-state index in [4.69, 9.17) is 0 Å². The SMILES string of the molecule is C[C@@H]1[C@@H](C)CCC[C@H]1NC(=O)c1cc(Br)c(Br)s1. The second-order valence-corrected chi connectivity index (χ2v) is 8.30. The Balaban J connectivity index is 2.02. The van der Waals surface area contributed by atoms with Gasteiger partial charge in [0, 0.05) is 10.5 Å². The first kappa shape index (κ1) is 14.5. The van der Waals surface area contributed by atoms with Crippen LogP contribution in [-0.2, 0) is 0 Å². The fourth-order valence-corrected chi connectivity index (χ4v) is 4.42. The molecule has 1 amide bonds. The fraction of sp³-hybridized carbons (Fsp3) is 0.615. The Kier molecular flexibility index (Phi) is 4.89. The largest absolute Gasteiger partial charge is 0.348 e. The van der Waals surface area contributed by atoms with E-state index < -0.39 is 0 Å². The highest BCUT2D eigenvalue weighted by Gasteiger charge is 2.28. The zero-order valence-corrected chi connectivity index (χ0v) is 14.5. The lowest BCUT2D eigenvalue weighted by molar-refractivity contribution is 0.0895. The molecule has 3 atom stereocenters. The third-order valence-corrected chi connectivity index (χ3v) is 7.15. The maximum atomic E-state index is 12.2. The molecule has 0 bridgehead atoms. The highest BCUT2D eigenvalue weighted by molar-refractivity contribution is 9.13. The molecule has 1 aliphatic rings. The summed E-state index contributed by atoms with van der Waals surface area (Å²) in [6.45, 7) is 4.52. The second kappa shape index (κ2) is 6.06. The minimum Gasteiger partial charge on any atom is -0.348 e. The molecule has 100 valence electrons. The monoisotopic (exact) mass is 393 g/mol. The minimum absolute atomic E-state index is 0.0531. The summed E-state index contributed by atoms with van der Waals surface area (Å²) in [6.07, 6.45) is 3.60. The maximum absolute atomic E-state index is 12.2. The van der Waals surface area contributed by atoms with Crippen molar-refractivity contribution in [3.63, 3.8) is 0 Å². The van der Waals surface area contributed by atoms with Crippen LogP contribution in [0.5, 0.6) is 0 Å². The molecule has 18 heavy (non-hydrogen) atoms. The van der Waals surface area contributed by atoms with Crippen LogP contribution < -0.4 is 5.32 Å². The van der Waals surface area contributed by atoms with Crippen LogP contribution >= 0.6 is 43.2 Å². The lowest BCUT2D eigenvalue weighted by atomic mass is 9.78. The third-order valence-electron chi connectivity index (χ3n) is 3.89. The molecule has 1 fully saturated rings. The molecule has 0 saturated heterocycles. The number of halogens is 2. The van der Waals surface area contributed by atoms with E-state index in [-0.39, 0.29) is 5.91 Å². The summed E-state index contributed by atoms with van der Waals surface area (Å²) in [5.41, 5.74) is 0. The Bertz CT molecular complexity index is 427. The van der Waals surface area contributed by atoms with Crippen LogP contribution in [0.2, 0.25) is 0 Å². The van der Waals surface area contributed by atoms with Gasteiger partial charge in [0.15, 0.2) is 0 Å². The number of nitrogens with one attached hydrogen (secondary N) is 1. The van der Waals surface area contributed by atoms with E-state index in [9.17, 15) is 4.79 Å². The number of amides is 1. The van der Waals surface area contributed by atoms with Gasteiger partial charge in [-0.2, -0.15) is 0 Å². The summed E-state index contributed by atoms with van der Waals surface area (Å²) in [6, 6.07) is 2.20. The topological polar surface area (TPSA) is 29.1 Å². The first-order chi connectivity index (χ1) is 8.49. The fourth-order valence-electron chi connectivity index (χ4n) is 2.48. The van der Waals surface area contributed by atoms with Crippen LogP contribution in [0.3, 0.4) is 0 Å². The first-order valence-corrected chi connectivity index (χ1v) is 8.65. The summed E-state index contributed by atoms with van der Waals surface area (Å²) >= 11 is 8.31. The summed E-state index contributed by atoms with van der Waals surface area (Å²) in [5.74, 6) is 1.32. The second-order valence-electron chi connectivity index (χ2n) is 5.08. The average molecular weight is 395 g/mol. The number of hydrogen-bond donors (Lipinski definition) is 1. The molecule has 2 nitrogen and oxygen atoms in total. The molecule has 0 aromatic carbocycles. The molecule has 2 rings (SSSR count). The summed E-state index contributed by atoms with van der Waals surface area (Å²) in [7, 11) is 0. The van der Waals surface area contributed by atoms with E-state index in [0.29, 0.717) is 17.9 Å². The van der Waals surface area contributed by atoms with E-state index in [1.807, 2.05) is 6.07 Å². The van der Waals surface area contributed by atoms with Crippen LogP contribution in [0.4, 0.5) is 0 Å². The lowest BCUT2D eigenvalue weighted by Crippen LogP contribution is -2.43. The molecule has 1 aliphatic carbocycles. The Morgan fingerprint density at radius 2 is 2.11 bits per heavy atom. The quantitative estimate of drug-likeness (QED) is 0.764. The van der Waals surface area contributed by atoms with Gasteiger partial charge in [-0.3, -0.25) is 4.79 Å². The van der Waals surface area contributed by atoms with Crippen molar-refractivity contribution in [1.82, 2.24) is 5.32 Å². The van der Waals surface area contributed by atoms with Crippen molar-refractivity contribution in [2.45, 2.75) is 39.2 Å². The van der Waals surface area contributed by atoms with Crippen LogP contribution in [0.1, 0.15) is 42.8 Å². The standard InChI is InChI=1S/C13H17Br2NOS/c1-7-4-3-5-10(8(7)2)16-13(17)11-6-9(14)12(15)18-11/h6-8,10H,3-5H2,1-2H3,(H,16,17)/t7-,8+,10+/m0/s1. The van der Waals surface area contributed by atoms with Gasteiger partial charge in [-0.15, -0.1) is 11.3 Å². The molecule has 1 N–H and O–H groups in total. The number of carbonyl (C=O) groups excluding carboxylic acids is 1. The van der Waals surface area contributed by atoms with Crippen molar-refractivity contribution < 1.29 is 4.79 Å². The summed E-state index contributed by atoms with van der Waals surface area (Å²) in [5, 5.41) is 3.19. The van der Waals surface area contributed by atoms with E-state index in [1.54, 1.807) is 0 Å². The number of rotatable bonds is 2. The van der Waals surface area contributed by atoms with Crippen molar-refractivity contribution in [1.29, 1.82) is 0 Å². The van der Waals surface area contributed by atoms with Crippen LogP contribution in [0.15, 0.2) is 14.3 Å². The van der Waals surface area contributed by atoms with Gasteiger partial charge in [-0.25, -0.2) is 0 Å². The van der Waals surface area contributed by atoms with Crippen molar-refractivity contribution in [2.75, 3.05) is 0 Å². The Labute approximate surface area is 129 Å². The molecule has 0 aliphatic heterocycles. The van der Waals surface area contributed by atoms with Gasteiger partial charge in [-0.05, 0) is 56.2 Å². The van der Waals surface area contributed by atoms with Gasteiger partial charge >= 0.3 is 0 Å². The van der Waals surface area contributed by atoms with Gasteiger partial charge < -0.3 is 5.32 Å².